The molecule has 0 amide bonds. The summed E-state index contributed by atoms with van der Waals surface area (Å²) < 4.78 is 44.5. The average Bonchev–Trinajstić information content (AvgIpc) is 3.56. The van der Waals surface area contributed by atoms with Crippen LogP contribution >= 0.6 is 0 Å². The van der Waals surface area contributed by atoms with Gasteiger partial charge in [-0.05, 0) is 160 Å². The normalized spacial score (nSPS) is 11.6. The fourth-order valence-electron chi connectivity index (χ4n) is 9.05. The van der Waals surface area contributed by atoms with E-state index in [0.717, 1.165) is 60.8 Å². The van der Waals surface area contributed by atoms with E-state index >= 15 is 0 Å². The number of methoxy groups -OCH3 is 2. The molecule has 0 bridgehead atoms. The van der Waals surface area contributed by atoms with Crippen LogP contribution in [0.5, 0.6) is 34.5 Å². The summed E-state index contributed by atoms with van der Waals surface area (Å²) in [4.78, 5) is 77.5. The molecule has 0 aromatic heterocycles. The molecule has 0 aliphatic heterocycles. The first kappa shape index (κ1) is 62.9. The second kappa shape index (κ2) is 33.5. The lowest BCUT2D eigenvalue weighted by Crippen LogP contribution is -2.15. The van der Waals surface area contributed by atoms with Gasteiger partial charge in [0.15, 0.2) is 23.0 Å². The number of carbonyl (C=O) groups is 6. The summed E-state index contributed by atoms with van der Waals surface area (Å²) in [6, 6.07) is 37.0. The summed E-state index contributed by atoms with van der Waals surface area (Å²) in [5.74, 6) is -2.00. The van der Waals surface area contributed by atoms with Crippen molar-refractivity contribution in [1.29, 1.82) is 0 Å². The van der Waals surface area contributed by atoms with Gasteiger partial charge in [0.1, 0.15) is 11.5 Å². The van der Waals surface area contributed by atoms with E-state index in [4.69, 9.17) is 37.9 Å². The molecule has 6 aromatic rings. The molecule has 0 fully saturated rings. The minimum atomic E-state index is -0.649. The van der Waals surface area contributed by atoms with Crippen LogP contribution in [0.1, 0.15) is 185 Å². The molecule has 82 heavy (non-hydrogen) atoms. The van der Waals surface area contributed by atoms with Crippen LogP contribution < -0.4 is 28.4 Å². The van der Waals surface area contributed by atoms with E-state index in [2.05, 4.69) is 13.8 Å². The summed E-state index contributed by atoms with van der Waals surface area (Å²) in [7, 11) is 2.77. The maximum Gasteiger partial charge on any atom is 0.343 e. The van der Waals surface area contributed by atoms with E-state index < -0.39 is 23.9 Å². The quantitative estimate of drug-likeness (QED) is 0.0216. The minimum absolute atomic E-state index is 0.0155. The molecule has 434 valence electrons. The predicted molar refractivity (Wildman–Crippen MR) is 315 cm³/mol. The lowest BCUT2D eigenvalue weighted by molar-refractivity contribution is -0.136. The molecule has 14 heteroatoms. The first-order chi connectivity index (χ1) is 39.8. The van der Waals surface area contributed by atoms with Crippen molar-refractivity contribution >= 4 is 35.8 Å². The predicted octanol–water partition coefficient (Wildman–Crippen LogP) is 16.1. The number of hydrogen-bond acceptors (Lipinski definition) is 14. The molecule has 6 aromatic carbocycles. The SMILES string of the molecule is CCCCCCCCC(C)OC(=O)c1ccc(-c2ccc(OC(=O)c3ccc(OC(=O)CCCCC(=O)Oc4ccc(C(=O)Oc5ccc(-c6ccc(C(=O)OC(C)CCCCCCCC)cc6)cc5)cc4OC)c(OC)c3)cc2)cc1. The van der Waals surface area contributed by atoms with Gasteiger partial charge in [-0.25, -0.2) is 19.2 Å². The fraction of sp³-hybridized carbons (Fsp3) is 0.382. The smallest absolute Gasteiger partial charge is 0.343 e. The van der Waals surface area contributed by atoms with Crippen molar-refractivity contribution in [1.82, 2.24) is 0 Å². The number of hydrogen-bond donors (Lipinski definition) is 0. The van der Waals surface area contributed by atoms with Gasteiger partial charge in [-0.1, -0.05) is 127 Å². The Hall–Kier alpha value is -8.26. The lowest BCUT2D eigenvalue weighted by Gasteiger charge is -2.13. The Morgan fingerprint density at radius 2 is 0.659 bits per heavy atom. The van der Waals surface area contributed by atoms with Crippen LogP contribution in [0.15, 0.2) is 133 Å². The zero-order valence-electron chi connectivity index (χ0n) is 48.3. The molecule has 0 radical (unpaired) electrons. The molecule has 0 saturated heterocycles. The highest BCUT2D eigenvalue weighted by molar-refractivity contribution is 5.94. The molecule has 0 aliphatic carbocycles. The molecule has 6 rings (SSSR count). The summed E-state index contributed by atoms with van der Waals surface area (Å²) in [5.41, 5.74) is 4.77. The van der Waals surface area contributed by atoms with Gasteiger partial charge in [0.05, 0.1) is 48.7 Å². The van der Waals surface area contributed by atoms with Crippen LogP contribution in [0.4, 0.5) is 0 Å². The van der Waals surface area contributed by atoms with Gasteiger partial charge in [-0.3, -0.25) is 9.59 Å². The van der Waals surface area contributed by atoms with Crippen LogP contribution in [0, 0.1) is 0 Å². The molecule has 0 saturated carbocycles. The zero-order valence-corrected chi connectivity index (χ0v) is 48.3. The van der Waals surface area contributed by atoms with Gasteiger partial charge < -0.3 is 37.9 Å². The Bertz CT molecular complexity index is 2800. The van der Waals surface area contributed by atoms with Crippen LogP contribution in [0.3, 0.4) is 0 Å². The highest BCUT2D eigenvalue weighted by Crippen LogP contribution is 2.32. The van der Waals surface area contributed by atoms with Crippen molar-refractivity contribution in [3.05, 3.63) is 156 Å². The van der Waals surface area contributed by atoms with Crippen molar-refractivity contribution in [3.63, 3.8) is 0 Å². The Balaban J connectivity index is 0.887. The Kier molecular flexibility index (Phi) is 25.7. The minimum Gasteiger partial charge on any atom is -0.493 e. The van der Waals surface area contributed by atoms with Crippen LogP contribution in [-0.2, 0) is 19.1 Å². The van der Waals surface area contributed by atoms with Crippen molar-refractivity contribution < 1.29 is 66.7 Å². The van der Waals surface area contributed by atoms with Gasteiger partial charge >= 0.3 is 35.8 Å². The molecule has 0 N–H and O–H groups in total. The van der Waals surface area contributed by atoms with Crippen LogP contribution in [0.2, 0.25) is 0 Å². The third-order valence-corrected chi connectivity index (χ3v) is 13.8. The van der Waals surface area contributed by atoms with E-state index in [1.807, 2.05) is 62.4 Å². The third kappa shape index (κ3) is 20.4. The number of ether oxygens (including phenoxy) is 8. The van der Waals surface area contributed by atoms with E-state index in [1.54, 1.807) is 48.5 Å². The summed E-state index contributed by atoms with van der Waals surface area (Å²) in [6.07, 6.45) is 16.2. The van der Waals surface area contributed by atoms with Gasteiger partial charge in [-0.15, -0.1) is 0 Å². The van der Waals surface area contributed by atoms with E-state index in [-0.39, 0.29) is 71.1 Å². The summed E-state index contributed by atoms with van der Waals surface area (Å²) >= 11 is 0. The molecule has 2 atom stereocenters. The molecular weight excluding hydrogens is 1040 g/mol. The standard InChI is InChI=1S/C68H78O14/c1-7-9-11-13-15-17-21-47(3)77-65(71)53-29-25-49(26-30-53)51-33-39-57(40-34-51)79-67(73)55-37-43-59(61(45-55)75-5)81-63(69)23-19-20-24-64(70)82-60-44-38-56(46-62(60)76-6)68(74)80-58-41-35-52(36-42-58)50-27-31-54(32-28-50)66(72)78-48(4)22-18-16-14-12-10-8-2/h25-48H,7-24H2,1-6H3. The highest BCUT2D eigenvalue weighted by atomic mass is 16.6. The number of carbonyl (C=O) groups excluding carboxylic acids is 6. The maximum absolute atomic E-state index is 13.2. The largest absolute Gasteiger partial charge is 0.493 e. The van der Waals surface area contributed by atoms with Crippen molar-refractivity contribution in [3.8, 4) is 56.8 Å². The summed E-state index contributed by atoms with van der Waals surface area (Å²) in [6.45, 7) is 8.27. The highest BCUT2D eigenvalue weighted by Gasteiger charge is 2.20. The molecule has 0 aliphatic rings. The fourth-order valence-corrected chi connectivity index (χ4v) is 9.05. The third-order valence-electron chi connectivity index (χ3n) is 13.8. The Morgan fingerprint density at radius 3 is 1.00 bits per heavy atom. The maximum atomic E-state index is 13.2. The van der Waals surface area contributed by atoms with E-state index in [0.29, 0.717) is 35.5 Å². The van der Waals surface area contributed by atoms with Crippen LogP contribution in [-0.4, -0.2) is 62.2 Å². The van der Waals surface area contributed by atoms with Crippen molar-refractivity contribution in [2.75, 3.05) is 14.2 Å². The first-order valence-electron chi connectivity index (χ1n) is 28.8. The average molecular weight is 1120 g/mol. The number of rotatable bonds is 33. The number of unbranched alkanes of at least 4 members (excludes halogenated alkanes) is 11. The second-order valence-corrected chi connectivity index (χ2v) is 20.4. The first-order valence-corrected chi connectivity index (χ1v) is 28.8. The lowest BCUT2D eigenvalue weighted by atomic mass is 10.0. The Morgan fingerprint density at radius 1 is 0.341 bits per heavy atom. The monoisotopic (exact) mass is 1120 g/mol. The van der Waals surface area contributed by atoms with Gasteiger partial charge in [0.2, 0.25) is 0 Å². The second-order valence-electron chi connectivity index (χ2n) is 20.4. The van der Waals surface area contributed by atoms with Gasteiger partial charge in [-0.2, -0.15) is 0 Å². The topological polar surface area (TPSA) is 176 Å². The number of esters is 6. The molecule has 14 nitrogen and oxygen atoms in total. The van der Waals surface area contributed by atoms with Gasteiger partial charge in [0, 0.05) is 12.8 Å². The molecule has 0 spiro atoms. The van der Waals surface area contributed by atoms with Crippen molar-refractivity contribution in [2.24, 2.45) is 0 Å². The number of benzene rings is 6. The van der Waals surface area contributed by atoms with E-state index in [1.165, 1.54) is 102 Å². The molecule has 2 unspecified atom stereocenters. The zero-order chi connectivity index (χ0) is 58.6. The van der Waals surface area contributed by atoms with E-state index in [9.17, 15) is 28.8 Å². The Labute approximate surface area is 482 Å². The van der Waals surface area contributed by atoms with Crippen molar-refractivity contribution in [2.45, 2.75) is 155 Å². The van der Waals surface area contributed by atoms with Gasteiger partial charge in [0.25, 0.3) is 0 Å². The van der Waals surface area contributed by atoms with Crippen LogP contribution in [0.25, 0.3) is 22.3 Å². The molecular formula is C68H78O14. The summed E-state index contributed by atoms with van der Waals surface area (Å²) in [5, 5.41) is 0. The molecule has 0 heterocycles.